The van der Waals surface area contributed by atoms with Gasteiger partial charge in [-0.1, -0.05) is 106 Å². The van der Waals surface area contributed by atoms with Crippen LogP contribution in [0.3, 0.4) is 0 Å². The van der Waals surface area contributed by atoms with Crippen LogP contribution in [0.1, 0.15) is 119 Å². The number of hydrogen-bond acceptors (Lipinski definition) is 0. The molecule has 145 valence electrons. The summed E-state index contributed by atoms with van der Waals surface area (Å²) >= 11 is 0. The summed E-state index contributed by atoms with van der Waals surface area (Å²) in [4.78, 5) is 0. The Morgan fingerprint density at radius 3 is 1.28 bits per heavy atom. The van der Waals surface area contributed by atoms with Crippen molar-refractivity contribution in [3.8, 4) is 0 Å². The molecule has 0 aliphatic heterocycles. The van der Waals surface area contributed by atoms with E-state index in [1.165, 1.54) is 77.0 Å². The average Bonchev–Trinajstić information content (AvgIpc) is 3.06. The van der Waals surface area contributed by atoms with E-state index in [-0.39, 0.29) is 0 Å². The number of rotatable bonds is 14. The highest BCUT2D eigenvalue weighted by Gasteiger charge is 2.42. The molecule has 1 fully saturated rings. The fraction of sp³-hybridized carbons (Fsp3) is 0.800. The van der Waals surface area contributed by atoms with Gasteiger partial charge in [0.15, 0.2) is 0 Å². The van der Waals surface area contributed by atoms with Gasteiger partial charge in [0, 0.05) is 0 Å². The molecule has 0 heteroatoms. The van der Waals surface area contributed by atoms with Crippen LogP contribution in [-0.2, 0) is 0 Å². The second kappa shape index (κ2) is 11.7. The molecule has 0 saturated heterocycles. The first kappa shape index (κ1) is 23.0. The predicted octanol–water partition coefficient (Wildman–Crippen LogP) is 8.54. The predicted molar refractivity (Wildman–Crippen MR) is 114 cm³/mol. The van der Waals surface area contributed by atoms with Crippen molar-refractivity contribution in [3.05, 3.63) is 31.1 Å². The number of unbranched alkanes of at least 4 members (excludes halogenated alkanes) is 8. The summed E-state index contributed by atoms with van der Waals surface area (Å²) in [6, 6.07) is 0. The molecule has 1 aliphatic rings. The maximum Gasteiger partial charge on any atom is -0.0107 e. The Labute approximate surface area is 160 Å². The topological polar surface area (TPSA) is 0 Å². The summed E-state index contributed by atoms with van der Waals surface area (Å²) in [7, 11) is 0. The van der Waals surface area contributed by atoms with E-state index in [4.69, 9.17) is 0 Å². The molecule has 0 bridgehead atoms. The molecule has 0 aromatic rings. The van der Waals surface area contributed by atoms with E-state index in [1.54, 1.807) is 11.8 Å². The van der Waals surface area contributed by atoms with Crippen LogP contribution in [0.25, 0.3) is 0 Å². The van der Waals surface area contributed by atoms with Crippen molar-refractivity contribution in [3.63, 3.8) is 0 Å². The van der Waals surface area contributed by atoms with Crippen LogP contribution in [0.5, 0.6) is 0 Å². The van der Waals surface area contributed by atoms with Crippen molar-refractivity contribution in [1.82, 2.24) is 0 Å². The second-order valence-corrected chi connectivity index (χ2v) is 9.48. The highest BCUT2D eigenvalue weighted by atomic mass is 14.5. The van der Waals surface area contributed by atoms with Gasteiger partial charge in [-0.05, 0) is 54.8 Å². The first-order valence-electron chi connectivity index (χ1n) is 11.1. The molecule has 0 heterocycles. The Morgan fingerprint density at radius 2 is 0.920 bits per heavy atom. The lowest BCUT2D eigenvalue weighted by Gasteiger charge is -2.34. The zero-order valence-electron chi connectivity index (χ0n) is 18.2. The Kier molecular flexibility index (Phi) is 10.7. The van der Waals surface area contributed by atoms with Gasteiger partial charge in [0.2, 0.25) is 0 Å². The third-order valence-electron chi connectivity index (χ3n) is 6.13. The monoisotopic (exact) mass is 345 g/mol. The minimum Gasteiger partial charge on any atom is -0.0654 e. The SMILES string of the molecule is CCCCCCCC(C)(C)[C]1[CH][CH][C](C(C)(C)CCCCCCC)[CH]1. The van der Waals surface area contributed by atoms with Crippen LogP contribution in [0.2, 0.25) is 0 Å². The first-order valence-corrected chi connectivity index (χ1v) is 11.1. The van der Waals surface area contributed by atoms with Crippen molar-refractivity contribution >= 4 is 0 Å². The molecule has 0 aromatic carbocycles. The summed E-state index contributed by atoms with van der Waals surface area (Å²) in [5.74, 6) is 3.11. The van der Waals surface area contributed by atoms with E-state index in [1.807, 2.05) is 0 Å². The Hall–Kier alpha value is 0. The molecule has 0 nitrogen and oxygen atoms in total. The van der Waals surface area contributed by atoms with Crippen LogP contribution in [0, 0.1) is 41.9 Å². The largest absolute Gasteiger partial charge is 0.0654 e. The van der Waals surface area contributed by atoms with E-state index in [0.29, 0.717) is 10.8 Å². The molecule has 1 rings (SSSR count). The van der Waals surface area contributed by atoms with Gasteiger partial charge in [0.05, 0.1) is 0 Å². The third kappa shape index (κ3) is 8.49. The molecule has 0 atom stereocenters. The van der Waals surface area contributed by atoms with Crippen LogP contribution in [-0.4, -0.2) is 0 Å². The third-order valence-corrected chi connectivity index (χ3v) is 6.13. The smallest absolute Gasteiger partial charge is 0.0107 e. The minimum atomic E-state index is 0.321. The van der Waals surface area contributed by atoms with Gasteiger partial charge in [0.25, 0.3) is 0 Å². The van der Waals surface area contributed by atoms with Crippen molar-refractivity contribution in [1.29, 1.82) is 0 Å². The fourth-order valence-corrected chi connectivity index (χ4v) is 3.91. The first-order chi connectivity index (χ1) is 11.8. The van der Waals surface area contributed by atoms with E-state index in [9.17, 15) is 0 Å². The quantitative estimate of drug-likeness (QED) is 0.277. The lowest BCUT2D eigenvalue weighted by atomic mass is 9.70. The highest BCUT2D eigenvalue weighted by Crippen LogP contribution is 2.52. The maximum absolute atomic E-state index is 2.51. The van der Waals surface area contributed by atoms with Gasteiger partial charge >= 0.3 is 0 Å². The van der Waals surface area contributed by atoms with Gasteiger partial charge in [-0.3, -0.25) is 0 Å². The molecule has 0 N–H and O–H groups in total. The van der Waals surface area contributed by atoms with Crippen molar-refractivity contribution in [2.45, 2.75) is 119 Å². The number of hydrogen-bond donors (Lipinski definition) is 0. The van der Waals surface area contributed by atoms with Gasteiger partial charge in [0.1, 0.15) is 0 Å². The Balaban J connectivity index is 2.34. The summed E-state index contributed by atoms with van der Waals surface area (Å²) in [5, 5.41) is 0. The fourth-order valence-electron chi connectivity index (χ4n) is 3.91. The van der Waals surface area contributed by atoms with E-state index < -0.39 is 0 Å². The van der Waals surface area contributed by atoms with E-state index >= 15 is 0 Å². The lowest BCUT2D eigenvalue weighted by Crippen LogP contribution is -2.24. The molecule has 0 amide bonds. The van der Waals surface area contributed by atoms with Crippen LogP contribution >= 0.6 is 0 Å². The zero-order valence-corrected chi connectivity index (χ0v) is 18.2. The Morgan fingerprint density at radius 1 is 0.560 bits per heavy atom. The minimum absolute atomic E-state index is 0.321. The maximum atomic E-state index is 2.51. The molecule has 1 saturated carbocycles. The van der Waals surface area contributed by atoms with Gasteiger partial charge in [-0.15, -0.1) is 0 Å². The Bertz CT molecular complexity index is 293. The van der Waals surface area contributed by atoms with E-state index in [2.05, 4.69) is 60.8 Å². The average molecular weight is 346 g/mol. The molecule has 25 heavy (non-hydrogen) atoms. The van der Waals surface area contributed by atoms with Gasteiger partial charge in [-0.2, -0.15) is 0 Å². The van der Waals surface area contributed by atoms with Gasteiger partial charge < -0.3 is 0 Å². The molecule has 0 unspecified atom stereocenters. The standard InChI is InChI=1S/C25H45/c1-7-9-11-13-15-19-24(3,4)22-17-18-23(21-22)25(5,6)20-16-14-12-10-8-2/h17-18,21H,7-16,19-20H2,1-6H3. The van der Waals surface area contributed by atoms with E-state index in [0.717, 1.165) is 0 Å². The van der Waals surface area contributed by atoms with Crippen LogP contribution in [0.15, 0.2) is 0 Å². The summed E-state index contributed by atoms with van der Waals surface area (Å²) < 4.78 is 0. The van der Waals surface area contributed by atoms with Gasteiger partial charge in [-0.25, -0.2) is 0 Å². The molecule has 0 aromatic heterocycles. The second-order valence-electron chi connectivity index (χ2n) is 9.48. The summed E-state index contributed by atoms with van der Waals surface area (Å²) in [6.45, 7) is 14.3. The highest BCUT2D eigenvalue weighted by molar-refractivity contribution is 5.47. The molecular weight excluding hydrogens is 300 g/mol. The zero-order chi connectivity index (χ0) is 18.8. The molecule has 0 spiro atoms. The van der Waals surface area contributed by atoms with Crippen LogP contribution in [0.4, 0.5) is 0 Å². The molecule has 1 aliphatic carbocycles. The molecule has 5 radical (unpaired) electrons. The lowest BCUT2D eigenvalue weighted by molar-refractivity contribution is 0.337. The summed E-state index contributed by atoms with van der Waals surface area (Å²) in [6.07, 6.45) is 23.8. The summed E-state index contributed by atoms with van der Waals surface area (Å²) in [5.41, 5.74) is 0.642. The van der Waals surface area contributed by atoms with Crippen LogP contribution < -0.4 is 0 Å². The normalized spacial score (nSPS) is 17.5. The van der Waals surface area contributed by atoms with Crippen molar-refractivity contribution < 1.29 is 0 Å². The van der Waals surface area contributed by atoms with Crippen molar-refractivity contribution in [2.24, 2.45) is 10.8 Å². The van der Waals surface area contributed by atoms with Crippen molar-refractivity contribution in [2.75, 3.05) is 0 Å². The molecular formula is C25H45.